The van der Waals surface area contributed by atoms with Crippen molar-refractivity contribution < 1.29 is 69.0 Å². The third-order valence-electron chi connectivity index (χ3n) is 6.56. The Morgan fingerprint density at radius 2 is 1.26 bits per heavy atom. The Hall–Kier alpha value is -1.01. The Bertz CT molecular complexity index is 842. The normalized spacial score (nSPS) is 12.1. The molecule has 0 aliphatic rings. The first-order valence-electron chi connectivity index (χ1n) is 12.7. The van der Waals surface area contributed by atoms with Crippen LogP contribution in [0.2, 0.25) is 0.432 Å². The molecule has 0 aliphatic heterocycles. The number of benzene rings is 2. The maximum atomic E-state index is 12.9. The number of carbonyl (C=O) groups is 2. The predicted molar refractivity (Wildman–Crippen MR) is 130 cm³/mol. The number of unbranched alkanes of at least 4 members (excludes halogenated alkanes) is 8. The van der Waals surface area contributed by atoms with Crippen LogP contribution in [0.5, 0.6) is 0 Å². The summed E-state index contributed by atoms with van der Waals surface area (Å²) >= 11 is -4.70. The van der Waals surface area contributed by atoms with Crippen LogP contribution in [-0.4, -0.2) is 22.2 Å². The standard InChI is InChI=1S/C16H26O4.2C6H5.2Hg/c1-2-3-4-5-6-7-8-9-10-11-12-14(16(19)20)13-15(17)18;2*1-2-4-6-5-3-1;;/h11-12,14H,2-10H2,1H3,(H,17,18)(H,19,20);2*1-5H;;/b12-11+;;;;. The van der Waals surface area contributed by atoms with Gasteiger partial charge in [-0.3, -0.25) is 0 Å². The minimum absolute atomic E-state index is 0.818. The Balaban J connectivity index is 2.15. The second-order valence-electron chi connectivity index (χ2n) is 9.29. The third-order valence-corrected chi connectivity index (χ3v) is 41.1. The molecule has 34 heavy (non-hydrogen) atoms. The van der Waals surface area contributed by atoms with Crippen molar-refractivity contribution in [2.75, 3.05) is 0 Å². The molecular weight excluding hydrogens is 801 g/mol. The molecule has 176 valence electrons. The fraction of sp³-hybridized carbons (Fsp3) is 0.429. The molecule has 1 unspecified atom stereocenters. The molecular formula is C28H36Hg2O4. The van der Waals surface area contributed by atoms with E-state index >= 15 is 0 Å². The summed E-state index contributed by atoms with van der Waals surface area (Å²) in [5.74, 6) is -2.79. The van der Waals surface area contributed by atoms with Gasteiger partial charge in [-0.2, -0.15) is 0 Å². The zero-order valence-corrected chi connectivity index (χ0v) is 31.5. The monoisotopic (exact) mass is 840 g/mol. The van der Waals surface area contributed by atoms with Gasteiger partial charge in [0.2, 0.25) is 0 Å². The van der Waals surface area contributed by atoms with Crippen LogP contribution < -0.4 is 6.14 Å². The van der Waals surface area contributed by atoms with E-state index < -0.39 is 67.4 Å². The number of hydrogen-bond acceptors (Lipinski definition) is 2. The Morgan fingerprint density at radius 3 is 1.71 bits per heavy atom. The molecule has 6 heteroatoms. The summed E-state index contributed by atoms with van der Waals surface area (Å²) in [6, 6.07) is 19.6. The van der Waals surface area contributed by atoms with Crippen molar-refractivity contribution in [3.05, 3.63) is 72.8 Å². The van der Waals surface area contributed by atoms with E-state index in [1.807, 2.05) is 66.7 Å². The second-order valence-corrected chi connectivity index (χ2v) is 43.3. The SMILES string of the molecule is CCCCCCCCCC/C=C/C(C(=O)O)[C]([Hg][c]1ccccc1)([Hg][c]1ccccc1)C(=O)O. The minimum atomic E-state index is -2.35. The average molecular weight is 838 g/mol. The molecule has 0 spiro atoms. The van der Waals surface area contributed by atoms with E-state index in [-0.39, 0.29) is 0 Å². The van der Waals surface area contributed by atoms with Crippen molar-refractivity contribution in [1.82, 2.24) is 0 Å². The van der Waals surface area contributed by atoms with E-state index in [1.165, 1.54) is 38.5 Å². The average Bonchev–Trinajstić information content (AvgIpc) is 2.83. The molecule has 2 aromatic carbocycles. The summed E-state index contributed by atoms with van der Waals surface area (Å²) in [5, 5.41) is 20.8. The molecule has 0 radical (unpaired) electrons. The topological polar surface area (TPSA) is 74.6 Å². The molecule has 2 rings (SSSR count). The van der Waals surface area contributed by atoms with Crippen LogP contribution in [0.25, 0.3) is 0 Å². The first-order valence-corrected chi connectivity index (χ1v) is 23.7. The number of aliphatic carboxylic acids is 2. The van der Waals surface area contributed by atoms with Crippen LogP contribution in [-0.2, 0) is 58.7 Å². The molecule has 0 bridgehead atoms. The Labute approximate surface area is 229 Å². The molecule has 0 saturated heterocycles. The van der Waals surface area contributed by atoms with Crippen LogP contribution in [0.15, 0.2) is 72.8 Å². The van der Waals surface area contributed by atoms with Gasteiger partial charge in [-0.25, -0.2) is 0 Å². The zero-order valence-electron chi connectivity index (χ0n) is 20.5. The number of hydrogen-bond donors (Lipinski definition) is 2. The fourth-order valence-corrected chi connectivity index (χ4v) is 44.0. The van der Waals surface area contributed by atoms with Crippen LogP contribution >= 0.6 is 0 Å². The quantitative estimate of drug-likeness (QED) is 0.120. The van der Waals surface area contributed by atoms with Gasteiger partial charge >= 0.3 is 218 Å². The molecule has 0 amide bonds. The summed E-state index contributed by atoms with van der Waals surface area (Å²) in [5.41, 5.74) is 0. The fourth-order valence-electron chi connectivity index (χ4n) is 4.62. The van der Waals surface area contributed by atoms with Crippen molar-refractivity contribution in [3.8, 4) is 0 Å². The van der Waals surface area contributed by atoms with E-state index in [9.17, 15) is 19.8 Å². The molecule has 0 fully saturated rings. The van der Waals surface area contributed by atoms with E-state index in [1.54, 1.807) is 6.08 Å². The van der Waals surface area contributed by atoms with E-state index in [2.05, 4.69) is 6.92 Å². The summed E-state index contributed by atoms with van der Waals surface area (Å²) in [6.45, 7) is 2.23. The molecule has 2 aromatic rings. The number of allylic oxidation sites excluding steroid dienone is 1. The van der Waals surface area contributed by atoms with E-state index in [0.717, 1.165) is 25.4 Å². The van der Waals surface area contributed by atoms with Crippen molar-refractivity contribution in [1.29, 1.82) is 0 Å². The maximum absolute atomic E-state index is 12.9. The third kappa shape index (κ3) is 9.93. The molecule has 0 heterocycles. The Morgan fingerprint density at radius 1 is 0.794 bits per heavy atom. The molecule has 4 nitrogen and oxygen atoms in total. The Kier molecular flexibility index (Phi) is 14.3. The predicted octanol–water partition coefficient (Wildman–Crippen LogP) is 5.79. The molecule has 0 aromatic heterocycles. The van der Waals surface area contributed by atoms with Gasteiger partial charge in [-0.1, -0.05) is 13.3 Å². The van der Waals surface area contributed by atoms with Gasteiger partial charge in [-0.05, 0) is 0 Å². The number of carboxylic acids is 2. The summed E-state index contributed by atoms with van der Waals surface area (Å²) in [4.78, 5) is 25.4. The van der Waals surface area contributed by atoms with Gasteiger partial charge in [0.25, 0.3) is 0 Å². The summed E-state index contributed by atoms with van der Waals surface area (Å²) in [6.07, 6.45) is 14.4. The summed E-state index contributed by atoms with van der Waals surface area (Å²) < 4.78 is 1.16. The van der Waals surface area contributed by atoms with Crippen molar-refractivity contribution in [2.24, 2.45) is 5.92 Å². The van der Waals surface area contributed by atoms with Gasteiger partial charge < -0.3 is 0 Å². The van der Waals surface area contributed by atoms with Crippen LogP contribution in [0, 0.1) is 5.92 Å². The van der Waals surface area contributed by atoms with Crippen LogP contribution in [0.4, 0.5) is 0 Å². The molecule has 2 N–H and O–H groups in total. The van der Waals surface area contributed by atoms with Gasteiger partial charge in [0.1, 0.15) is 0 Å². The van der Waals surface area contributed by atoms with Crippen molar-refractivity contribution in [2.45, 2.75) is 65.1 Å². The van der Waals surface area contributed by atoms with E-state index in [4.69, 9.17) is 0 Å². The van der Waals surface area contributed by atoms with Crippen LogP contribution in [0.3, 0.4) is 0 Å². The molecule has 0 saturated carbocycles. The van der Waals surface area contributed by atoms with Gasteiger partial charge in [-0.15, -0.1) is 0 Å². The van der Waals surface area contributed by atoms with Gasteiger partial charge in [0.15, 0.2) is 0 Å². The molecule has 1 atom stereocenters. The molecule has 0 aliphatic carbocycles. The number of rotatable bonds is 17. The first kappa shape index (κ1) is 29.2. The second kappa shape index (κ2) is 16.6. The van der Waals surface area contributed by atoms with Crippen molar-refractivity contribution >= 4 is 18.1 Å². The van der Waals surface area contributed by atoms with Crippen molar-refractivity contribution in [3.63, 3.8) is 0 Å². The summed E-state index contributed by atoms with van der Waals surface area (Å²) in [7, 11) is 0. The number of carboxylic acid groups (broad SMARTS) is 2. The zero-order chi connectivity index (χ0) is 24.7. The van der Waals surface area contributed by atoms with Gasteiger partial charge in [0.05, 0.1) is 0 Å². The van der Waals surface area contributed by atoms with Gasteiger partial charge in [0, 0.05) is 0 Å². The first-order chi connectivity index (χ1) is 16.5. The van der Waals surface area contributed by atoms with E-state index in [0.29, 0.717) is 0 Å². The van der Waals surface area contributed by atoms with Crippen LogP contribution in [0.1, 0.15) is 64.7 Å².